The number of rotatable bonds is 6. The molecule has 1 saturated heterocycles. The molecule has 134 valence electrons. The van der Waals surface area contributed by atoms with Crippen LogP contribution in [-0.4, -0.2) is 48.1 Å². The summed E-state index contributed by atoms with van der Waals surface area (Å²) >= 11 is 0. The topological polar surface area (TPSA) is 35.9 Å². The lowest BCUT2D eigenvalue weighted by Crippen LogP contribution is -2.43. The summed E-state index contributed by atoms with van der Waals surface area (Å²) in [6.07, 6.45) is 5.65. The van der Waals surface area contributed by atoms with Crippen molar-refractivity contribution in [2.24, 2.45) is 5.10 Å². The average Bonchev–Trinajstić information content (AvgIpc) is 2.67. The number of Topliss-reactive ketones (excluding diaryl/α,β-unsaturated/α-hetero) is 1. The molecule has 2 aromatic rings. The first kappa shape index (κ1) is 18.1. The number of hydrogen-bond acceptors (Lipinski definition) is 4. The van der Waals surface area contributed by atoms with Crippen LogP contribution in [-0.2, 0) is 6.54 Å². The Labute approximate surface area is 155 Å². The molecule has 4 nitrogen and oxygen atoms in total. The van der Waals surface area contributed by atoms with Crippen molar-refractivity contribution in [2.45, 2.75) is 13.5 Å². The number of carbonyl (C=O) groups excluding carboxylic acids is 1. The second-order valence-corrected chi connectivity index (χ2v) is 6.48. The van der Waals surface area contributed by atoms with Crippen LogP contribution < -0.4 is 0 Å². The number of piperazine rings is 1. The third-order valence-corrected chi connectivity index (χ3v) is 4.53. The summed E-state index contributed by atoms with van der Waals surface area (Å²) in [6, 6.07) is 18.2. The zero-order valence-electron chi connectivity index (χ0n) is 15.2. The number of allylic oxidation sites excluding steroid dienone is 1. The molecule has 0 saturated carbocycles. The van der Waals surface area contributed by atoms with Crippen molar-refractivity contribution in [3.63, 3.8) is 0 Å². The molecule has 3 rings (SSSR count). The number of nitrogens with zero attached hydrogens (tertiary/aromatic N) is 3. The molecule has 1 heterocycles. The molecule has 1 aliphatic heterocycles. The summed E-state index contributed by atoms with van der Waals surface area (Å²) in [4.78, 5) is 14.1. The number of ketones is 1. The molecule has 2 aromatic carbocycles. The van der Waals surface area contributed by atoms with Gasteiger partial charge in [-0.05, 0) is 24.1 Å². The van der Waals surface area contributed by atoms with Gasteiger partial charge >= 0.3 is 0 Å². The second-order valence-electron chi connectivity index (χ2n) is 6.48. The van der Waals surface area contributed by atoms with Crippen molar-refractivity contribution in [3.8, 4) is 0 Å². The van der Waals surface area contributed by atoms with Crippen molar-refractivity contribution in [3.05, 3.63) is 77.4 Å². The lowest BCUT2D eigenvalue weighted by atomic mass is 10.0. The van der Waals surface area contributed by atoms with Crippen molar-refractivity contribution in [2.75, 3.05) is 26.2 Å². The molecule has 0 bridgehead atoms. The van der Waals surface area contributed by atoms with Crippen LogP contribution in [0.5, 0.6) is 0 Å². The smallest absolute Gasteiger partial charge is 0.160 e. The van der Waals surface area contributed by atoms with Gasteiger partial charge in [-0.25, -0.2) is 0 Å². The molecule has 1 aliphatic rings. The van der Waals surface area contributed by atoms with Gasteiger partial charge in [0.1, 0.15) is 0 Å². The van der Waals surface area contributed by atoms with E-state index in [0.717, 1.165) is 43.9 Å². The maximum absolute atomic E-state index is 11.6. The Hall–Kier alpha value is -2.72. The summed E-state index contributed by atoms with van der Waals surface area (Å²) in [6.45, 7) is 6.49. The highest BCUT2D eigenvalue weighted by Crippen LogP contribution is 2.11. The molecule has 0 aromatic heterocycles. The van der Waals surface area contributed by atoms with Crippen molar-refractivity contribution >= 4 is 18.1 Å². The highest BCUT2D eigenvalue weighted by molar-refractivity contribution is 5.98. The zero-order valence-corrected chi connectivity index (χ0v) is 15.2. The van der Waals surface area contributed by atoms with Crippen LogP contribution in [0.1, 0.15) is 28.4 Å². The number of hydrogen-bond donors (Lipinski definition) is 0. The van der Waals surface area contributed by atoms with Crippen molar-refractivity contribution < 1.29 is 4.79 Å². The monoisotopic (exact) mass is 347 g/mol. The van der Waals surface area contributed by atoms with Gasteiger partial charge < -0.3 is 0 Å². The molecule has 0 amide bonds. The van der Waals surface area contributed by atoms with E-state index in [2.05, 4.69) is 45.3 Å². The third-order valence-electron chi connectivity index (χ3n) is 4.53. The van der Waals surface area contributed by atoms with Crippen LogP contribution in [0.3, 0.4) is 0 Å². The molecule has 4 heteroatoms. The quantitative estimate of drug-likeness (QED) is 0.590. The van der Waals surface area contributed by atoms with Gasteiger partial charge in [-0.1, -0.05) is 60.7 Å². The van der Waals surface area contributed by atoms with E-state index >= 15 is 0 Å². The van der Waals surface area contributed by atoms with Crippen LogP contribution in [0.15, 0.2) is 65.8 Å². The Morgan fingerprint density at radius 1 is 1.00 bits per heavy atom. The van der Waals surface area contributed by atoms with Gasteiger partial charge in [-0.2, -0.15) is 5.10 Å². The minimum atomic E-state index is 0.0803. The zero-order chi connectivity index (χ0) is 18.2. The van der Waals surface area contributed by atoms with Gasteiger partial charge in [0, 0.05) is 44.5 Å². The lowest BCUT2D eigenvalue weighted by molar-refractivity contribution is 0.101. The van der Waals surface area contributed by atoms with Gasteiger partial charge in [-0.3, -0.25) is 14.7 Å². The van der Waals surface area contributed by atoms with Crippen LogP contribution in [0.4, 0.5) is 0 Å². The lowest BCUT2D eigenvalue weighted by Gasteiger charge is -2.32. The summed E-state index contributed by atoms with van der Waals surface area (Å²) in [7, 11) is 0. The highest BCUT2D eigenvalue weighted by atomic mass is 16.1. The van der Waals surface area contributed by atoms with E-state index in [0.29, 0.717) is 0 Å². The predicted molar refractivity (Wildman–Crippen MR) is 107 cm³/mol. The second kappa shape index (κ2) is 9.11. The number of benzene rings is 2. The van der Waals surface area contributed by atoms with Crippen molar-refractivity contribution in [1.29, 1.82) is 0 Å². The summed E-state index contributed by atoms with van der Waals surface area (Å²) in [5.41, 5.74) is 3.03. The molecule has 0 atom stereocenters. The van der Waals surface area contributed by atoms with Crippen LogP contribution >= 0.6 is 0 Å². The standard InChI is InChI=1S/C22H25N3O/c1-19(26)22-12-6-5-10-21(22)11-7-13-23-25-16-14-24(15-17-25)18-20-8-3-2-4-9-20/h2-13H,14-18H2,1H3/b11-7+,23-13-. The van der Waals surface area contributed by atoms with E-state index in [1.54, 1.807) is 6.92 Å². The molecule has 0 radical (unpaired) electrons. The minimum absolute atomic E-state index is 0.0803. The fourth-order valence-corrected chi connectivity index (χ4v) is 3.09. The average molecular weight is 347 g/mol. The van der Waals surface area contributed by atoms with Gasteiger partial charge in [-0.15, -0.1) is 0 Å². The Morgan fingerprint density at radius 3 is 2.42 bits per heavy atom. The van der Waals surface area contributed by atoms with Crippen LogP contribution in [0, 0.1) is 0 Å². The highest BCUT2D eigenvalue weighted by Gasteiger charge is 2.14. The van der Waals surface area contributed by atoms with E-state index in [1.165, 1.54) is 5.56 Å². The molecular formula is C22H25N3O. The Balaban J connectivity index is 1.48. The normalized spacial score (nSPS) is 15.8. The first-order chi connectivity index (χ1) is 12.7. The maximum Gasteiger partial charge on any atom is 0.160 e. The third kappa shape index (κ3) is 5.14. The molecule has 26 heavy (non-hydrogen) atoms. The molecule has 1 fully saturated rings. The van der Waals surface area contributed by atoms with Gasteiger partial charge in [0.2, 0.25) is 0 Å². The molecule has 0 spiro atoms. The number of hydrazone groups is 1. The predicted octanol–water partition coefficient (Wildman–Crippen LogP) is 3.71. The molecule has 0 aliphatic carbocycles. The van der Waals surface area contributed by atoms with Gasteiger partial charge in [0.25, 0.3) is 0 Å². The largest absolute Gasteiger partial charge is 0.295 e. The first-order valence-electron chi connectivity index (χ1n) is 9.04. The molecule has 0 unspecified atom stereocenters. The molecule has 0 N–H and O–H groups in total. The van der Waals surface area contributed by atoms with E-state index in [-0.39, 0.29) is 5.78 Å². The summed E-state index contributed by atoms with van der Waals surface area (Å²) in [5, 5.41) is 6.62. The van der Waals surface area contributed by atoms with E-state index in [9.17, 15) is 4.79 Å². The Morgan fingerprint density at radius 2 is 1.69 bits per heavy atom. The first-order valence-corrected chi connectivity index (χ1v) is 9.04. The molecular weight excluding hydrogens is 322 g/mol. The maximum atomic E-state index is 11.6. The minimum Gasteiger partial charge on any atom is -0.295 e. The van der Waals surface area contributed by atoms with Gasteiger partial charge in [0.15, 0.2) is 5.78 Å². The van der Waals surface area contributed by atoms with Crippen LogP contribution in [0.25, 0.3) is 6.08 Å². The van der Waals surface area contributed by atoms with E-state index in [4.69, 9.17) is 0 Å². The van der Waals surface area contributed by atoms with E-state index < -0.39 is 0 Å². The fourth-order valence-electron chi connectivity index (χ4n) is 3.09. The van der Waals surface area contributed by atoms with Crippen molar-refractivity contribution in [1.82, 2.24) is 9.91 Å². The Kier molecular flexibility index (Phi) is 6.34. The van der Waals surface area contributed by atoms with E-state index in [1.807, 2.05) is 42.6 Å². The fraction of sp³-hybridized carbons (Fsp3) is 0.273. The number of carbonyl (C=O) groups is 1. The summed E-state index contributed by atoms with van der Waals surface area (Å²) in [5.74, 6) is 0.0803. The van der Waals surface area contributed by atoms with Gasteiger partial charge in [0.05, 0.1) is 0 Å². The SMILES string of the molecule is CC(=O)c1ccccc1/C=C/C=N\N1CCN(Cc2ccccc2)CC1. The summed E-state index contributed by atoms with van der Waals surface area (Å²) < 4.78 is 0. The Bertz CT molecular complexity index is 775. The van der Waals surface area contributed by atoms with Crippen LogP contribution in [0.2, 0.25) is 0 Å².